The number of amides is 2. The van der Waals surface area contributed by atoms with Crippen LogP contribution in [0.1, 0.15) is 45.4 Å². The maximum atomic E-state index is 12.8. The van der Waals surface area contributed by atoms with Crippen LogP contribution in [0.4, 0.5) is 10.3 Å². The van der Waals surface area contributed by atoms with E-state index in [0.29, 0.717) is 24.1 Å². The van der Waals surface area contributed by atoms with Crippen LogP contribution in [-0.2, 0) is 9.59 Å². The number of rotatable bonds is 6. The quantitative estimate of drug-likeness (QED) is 0.784. The minimum atomic E-state index is -0.184. The summed E-state index contributed by atoms with van der Waals surface area (Å²) in [7, 11) is 0. The van der Waals surface area contributed by atoms with Crippen LogP contribution in [0.15, 0.2) is 0 Å². The van der Waals surface area contributed by atoms with Crippen molar-refractivity contribution in [1.29, 1.82) is 0 Å². The Hall–Kier alpha value is -1.74. The van der Waals surface area contributed by atoms with E-state index in [9.17, 15) is 9.59 Å². The van der Waals surface area contributed by atoms with Gasteiger partial charge in [-0.2, -0.15) is 0 Å². The number of anilines is 2. The fourth-order valence-corrected chi connectivity index (χ4v) is 5.40. The molecule has 0 radical (unpaired) electrons. The number of nitrogens with zero attached hydrogens (tertiary/aromatic N) is 5. The number of hydrogen-bond donors (Lipinski definition) is 1. The number of likely N-dealkylation sites (N-methyl/N-ethyl adjacent to an activating group) is 1. The van der Waals surface area contributed by atoms with Crippen molar-refractivity contribution in [2.75, 3.05) is 42.5 Å². The molecule has 0 saturated carbocycles. The van der Waals surface area contributed by atoms with Crippen LogP contribution in [0.25, 0.3) is 0 Å². The van der Waals surface area contributed by atoms with Gasteiger partial charge in [-0.1, -0.05) is 18.3 Å². The minimum absolute atomic E-state index is 0.0875. The highest BCUT2D eigenvalue weighted by molar-refractivity contribution is 7.19. The van der Waals surface area contributed by atoms with Crippen LogP contribution >= 0.6 is 11.3 Å². The van der Waals surface area contributed by atoms with Gasteiger partial charge in [0.15, 0.2) is 0 Å². The third-order valence-corrected chi connectivity index (χ3v) is 6.91. The summed E-state index contributed by atoms with van der Waals surface area (Å²) in [6, 6.07) is 0.277. The SMILES string of the molecule is CCN1CCCC1CNC(=O)C1CCCN1c1nnc(N2CCCC2=O)s1. The lowest BCUT2D eigenvalue weighted by Gasteiger charge is -2.26. The summed E-state index contributed by atoms with van der Waals surface area (Å²) in [4.78, 5) is 31.0. The Kier molecular flexibility index (Phi) is 5.58. The average Bonchev–Trinajstić information content (AvgIpc) is 3.44. The number of hydrogen-bond acceptors (Lipinski definition) is 7. The second kappa shape index (κ2) is 8.10. The van der Waals surface area contributed by atoms with Crippen molar-refractivity contribution in [2.45, 2.75) is 57.5 Å². The number of carbonyl (C=O) groups excluding carboxylic acids is 2. The summed E-state index contributed by atoms with van der Waals surface area (Å²) in [5.41, 5.74) is 0. The molecule has 3 aliphatic heterocycles. The molecule has 8 nitrogen and oxygen atoms in total. The van der Waals surface area contributed by atoms with Crippen LogP contribution in [0.3, 0.4) is 0 Å². The molecule has 1 aromatic rings. The molecular formula is C18H28N6O2S. The molecule has 0 aromatic carbocycles. The Bertz CT molecular complexity index is 695. The Morgan fingerprint density at radius 2 is 1.96 bits per heavy atom. The third-order valence-electron chi connectivity index (χ3n) is 5.93. The maximum absolute atomic E-state index is 12.8. The van der Waals surface area contributed by atoms with Crippen molar-refractivity contribution < 1.29 is 9.59 Å². The van der Waals surface area contributed by atoms with Gasteiger partial charge in [-0.05, 0) is 45.2 Å². The van der Waals surface area contributed by atoms with E-state index in [1.165, 1.54) is 17.8 Å². The lowest BCUT2D eigenvalue weighted by Crippen LogP contribution is -2.47. The van der Waals surface area contributed by atoms with Crippen molar-refractivity contribution in [3.05, 3.63) is 0 Å². The van der Waals surface area contributed by atoms with Gasteiger partial charge in [0.05, 0.1) is 0 Å². The molecule has 2 atom stereocenters. The van der Waals surface area contributed by atoms with Gasteiger partial charge >= 0.3 is 0 Å². The van der Waals surface area contributed by atoms with Crippen LogP contribution in [0.2, 0.25) is 0 Å². The van der Waals surface area contributed by atoms with E-state index < -0.39 is 0 Å². The number of likely N-dealkylation sites (tertiary alicyclic amines) is 1. The van der Waals surface area contributed by atoms with Gasteiger partial charge in [0.1, 0.15) is 6.04 Å². The molecule has 0 aliphatic carbocycles. The Labute approximate surface area is 163 Å². The molecule has 2 amide bonds. The van der Waals surface area contributed by atoms with Crippen molar-refractivity contribution >= 4 is 33.4 Å². The Morgan fingerprint density at radius 1 is 1.15 bits per heavy atom. The molecule has 9 heteroatoms. The molecule has 1 N–H and O–H groups in total. The van der Waals surface area contributed by atoms with Crippen LogP contribution in [0, 0.1) is 0 Å². The van der Waals surface area contributed by atoms with Gasteiger partial charge < -0.3 is 10.2 Å². The molecule has 4 rings (SSSR count). The second-order valence-electron chi connectivity index (χ2n) is 7.54. The zero-order chi connectivity index (χ0) is 18.8. The zero-order valence-electron chi connectivity index (χ0n) is 15.9. The Balaban J connectivity index is 1.38. The van der Waals surface area contributed by atoms with Crippen LogP contribution in [-0.4, -0.2) is 71.7 Å². The predicted octanol–water partition coefficient (Wildman–Crippen LogP) is 1.23. The first kappa shape index (κ1) is 18.6. The molecule has 4 heterocycles. The summed E-state index contributed by atoms with van der Waals surface area (Å²) < 4.78 is 0. The number of aromatic nitrogens is 2. The molecule has 27 heavy (non-hydrogen) atoms. The second-order valence-corrected chi connectivity index (χ2v) is 8.47. The molecule has 1 aromatic heterocycles. The van der Waals surface area contributed by atoms with Crippen LogP contribution < -0.4 is 15.1 Å². The largest absolute Gasteiger partial charge is 0.353 e. The first-order valence-corrected chi connectivity index (χ1v) is 10.9. The van der Waals surface area contributed by atoms with Gasteiger partial charge in [-0.25, -0.2) is 0 Å². The average molecular weight is 393 g/mol. The standard InChI is InChI=1S/C18H28N6O2S/c1-2-22-9-3-6-13(22)12-19-16(26)14-7-4-10-23(14)17-20-21-18(27-17)24-11-5-8-15(24)25/h13-14H,2-12H2,1H3,(H,19,26). The van der Waals surface area contributed by atoms with Crippen molar-refractivity contribution in [1.82, 2.24) is 20.4 Å². The molecule has 2 unspecified atom stereocenters. The van der Waals surface area contributed by atoms with E-state index in [1.54, 1.807) is 4.90 Å². The van der Waals surface area contributed by atoms with E-state index in [0.717, 1.165) is 57.0 Å². The summed E-state index contributed by atoms with van der Waals surface area (Å²) in [5, 5.41) is 13.1. The molecule has 0 bridgehead atoms. The molecule has 0 spiro atoms. The first-order valence-electron chi connectivity index (χ1n) is 10.1. The van der Waals surface area contributed by atoms with E-state index in [-0.39, 0.29) is 17.9 Å². The minimum Gasteiger partial charge on any atom is -0.353 e. The summed E-state index contributed by atoms with van der Waals surface area (Å²) >= 11 is 1.42. The Morgan fingerprint density at radius 3 is 2.74 bits per heavy atom. The topological polar surface area (TPSA) is 81.7 Å². The molecule has 3 aliphatic rings. The van der Waals surface area contributed by atoms with Crippen molar-refractivity contribution in [2.24, 2.45) is 0 Å². The van der Waals surface area contributed by atoms with Crippen molar-refractivity contribution in [3.8, 4) is 0 Å². The summed E-state index contributed by atoms with van der Waals surface area (Å²) in [6.45, 7) is 6.60. The normalized spacial score (nSPS) is 26.3. The third kappa shape index (κ3) is 3.80. The molecule has 3 fully saturated rings. The molecule has 148 valence electrons. The van der Waals surface area contributed by atoms with Gasteiger partial charge in [-0.15, -0.1) is 10.2 Å². The van der Waals surface area contributed by atoms with Gasteiger partial charge in [-0.3, -0.25) is 19.4 Å². The maximum Gasteiger partial charge on any atom is 0.242 e. The van der Waals surface area contributed by atoms with Crippen molar-refractivity contribution in [3.63, 3.8) is 0 Å². The smallest absolute Gasteiger partial charge is 0.242 e. The van der Waals surface area contributed by atoms with Crippen LogP contribution in [0.5, 0.6) is 0 Å². The number of carbonyl (C=O) groups is 2. The van der Waals surface area contributed by atoms with E-state index in [4.69, 9.17) is 0 Å². The van der Waals surface area contributed by atoms with Gasteiger partial charge in [0, 0.05) is 32.1 Å². The van der Waals surface area contributed by atoms with Gasteiger partial charge in [0.25, 0.3) is 0 Å². The lowest BCUT2D eigenvalue weighted by molar-refractivity contribution is -0.122. The highest BCUT2D eigenvalue weighted by Crippen LogP contribution is 2.33. The lowest BCUT2D eigenvalue weighted by atomic mass is 10.2. The summed E-state index contributed by atoms with van der Waals surface area (Å²) in [5.74, 6) is 0.204. The zero-order valence-corrected chi connectivity index (χ0v) is 16.7. The predicted molar refractivity (Wildman–Crippen MR) is 105 cm³/mol. The molecular weight excluding hydrogens is 364 g/mol. The highest BCUT2D eigenvalue weighted by Gasteiger charge is 2.35. The first-order chi connectivity index (χ1) is 13.2. The fraction of sp³-hybridized carbons (Fsp3) is 0.778. The molecule has 3 saturated heterocycles. The highest BCUT2D eigenvalue weighted by atomic mass is 32.1. The van der Waals surface area contributed by atoms with E-state index in [1.807, 2.05) is 0 Å². The summed E-state index contributed by atoms with van der Waals surface area (Å²) in [6.07, 6.45) is 5.64. The van der Waals surface area contributed by atoms with E-state index >= 15 is 0 Å². The monoisotopic (exact) mass is 392 g/mol. The fourth-order valence-electron chi connectivity index (χ4n) is 4.43. The van der Waals surface area contributed by atoms with E-state index in [2.05, 4.69) is 32.2 Å². The van der Waals surface area contributed by atoms with Gasteiger partial charge in [0.2, 0.25) is 22.1 Å². The number of nitrogens with one attached hydrogen (secondary N) is 1.